The Balaban J connectivity index is 1.66. The molecule has 0 aliphatic carbocycles. The molecule has 1 aliphatic heterocycles. The zero-order chi connectivity index (χ0) is 20.9. The highest BCUT2D eigenvalue weighted by atomic mass is 16.6. The lowest BCUT2D eigenvalue weighted by atomic mass is 9.97. The summed E-state index contributed by atoms with van der Waals surface area (Å²) in [6, 6.07) is 16.3. The van der Waals surface area contributed by atoms with E-state index in [1.165, 1.54) is 11.8 Å². The molecule has 152 valence electrons. The first kappa shape index (κ1) is 20.4. The Morgan fingerprint density at radius 2 is 1.72 bits per heavy atom. The van der Waals surface area contributed by atoms with Crippen LogP contribution in [0.25, 0.3) is 0 Å². The highest BCUT2D eigenvalue weighted by molar-refractivity contribution is 6.00. The molecule has 2 aromatic rings. The Bertz CT molecular complexity index is 900. The Morgan fingerprint density at radius 1 is 1.03 bits per heavy atom. The van der Waals surface area contributed by atoms with Crippen molar-refractivity contribution in [3.63, 3.8) is 0 Å². The first-order chi connectivity index (χ1) is 13.9. The van der Waals surface area contributed by atoms with E-state index in [-0.39, 0.29) is 18.4 Å². The van der Waals surface area contributed by atoms with Crippen LogP contribution in [0.1, 0.15) is 32.3 Å². The number of carbonyl (C=O) groups is 3. The molecule has 7 heteroatoms. The van der Waals surface area contributed by atoms with E-state index < -0.39 is 11.6 Å². The maximum Gasteiger partial charge on any atom is 0.410 e. The topological polar surface area (TPSA) is 87.7 Å². The number of carbonyl (C=O) groups excluding carboxylic acids is 3. The molecule has 7 nitrogen and oxygen atoms in total. The van der Waals surface area contributed by atoms with Crippen molar-refractivity contribution in [3.8, 4) is 0 Å². The number of nitrogens with zero attached hydrogens (tertiary/aromatic N) is 1. The summed E-state index contributed by atoms with van der Waals surface area (Å²) >= 11 is 0. The molecule has 1 heterocycles. The minimum absolute atomic E-state index is 0.159. The number of nitrogens with one attached hydrogen (secondary N) is 2. The molecule has 0 spiro atoms. The van der Waals surface area contributed by atoms with E-state index in [9.17, 15) is 14.4 Å². The lowest BCUT2D eigenvalue weighted by Gasteiger charge is -2.33. The smallest absolute Gasteiger partial charge is 0.410 e. The second-order valence-corrected chi connectivity index (χ2v) is 7.29. The number of benzene rings is 2. The molecule has 1 saturated heterocycles. The maximum atomic E-state index is 13.0. The number of amides is 3. The fourth-order valence-electron chi connectivity index (χ4n) is 3.43. The van der Waals surface area contributed by atoms with Gasteiger partial charge in [0.25, 0.3) is 0 Å². The third-order valence-electron chi connectivity index (χ3n) is 5.00. The molecular formula is C22H25N3O4. The van der Waals surface area contributed by atoms with Crippen LogP contribution in [0.15, 0.2) is 54.6 Å². The van der Waals surface area contributed by atoms with Gasteiger partial charge < -0.3 is 15.4 Å². The molecule has 1 fully saturated rings. The van der Waals surface area contributed by atoms with E-state index in [0.717, 1.165) is 12.0 Å². The molecule has 3 amide bonds. The van der Waals surface area contributed by atoms with Crippen molar-refractivity contribution in [2.75, 3.05) is 17.2 Å². The molecule has 0 radical (unpaired) electrons. The van der Waals surface area contributed by atoms with Crippen molar-refractivity contribution < 1.29 is 19.1 Å². The zero-order valence-corrected chi connectivity index (χ0v) is 16.6. The summed E-state index contributed by atoms with van der Waals surface area (Å²) in [5.74, 6) is -0.477. The van der Waals surface area contributed by atoms with Gasteiger partial charge >= 0.3 is 6.09 Å². The van der Waals surface area contributed by atoms with Crippen LogP contribution in [0.5, 0.6) is 0 Å². The van der Waals surface area contributed by atoms with Gasteiger partial charge in [-0.2, -0.15) is 0 Å². The van der Waals surface area contributed by atoms with E-state index in [2.05, 4.69) is 10.6 Å². The highest BCUT2D eigenvalue weighted by Gasteiger charge is 2.46. The molecule has 29 heavy (non-hydrogen) atoms. The lowest BCUT2D eigenvalue weighted by Crippen LogP contribution is -2.53. The predicted molar refractivity (Wildman–Crippen MR) is 110 cm³/mol. The number of rotatable bonds is 5. The summed E-state index contributed by atoms with van der Waals surface area (Å²) in [5, 5.41) is 5.54. The summed E-state index contributed by atoms with van der Waals surface area (Å²) < 4.78 is 5.43. The number of anilines is 2. The van der Waals surface area contributed by atoms with Gasteiger partial charge in [-0.3, -0.25) is 14.5 Å². The molecule has 0 saturated carbocycles. The molecule has 1 aliphatic rings. The molecule has 0 bridgehead atoms. The van der Waals surface area contributed by atoms with Crippen LogP contribution in [0.4, 0.5) is 16.2 Å². The van der Waals surface area contributed by atoms with Crippen LogP contribution < -0.4 is 10.6 Å². The summed E-state index contributed by atoms with van der Waals surface area (Å²) in [4.78, 5) is 38.4. The van der Waals surface area contributed by atoms with Gasteiger partial charge in [0, 0.05) is 24.8 Å². The summed E-state index contributed by atoms with van der Waals surface area (Å²) in [5.41, 5.74) is 1.02. The molecule has 1 unspecified atom stereocenters. The Labute approximate surface area is 170 Å². The van der Waals surface area contributed by atoms with Crippen LogP contribution in [0, 0.1) is 0 Å². The fraction of sp³-hybridized carbons (Fsp3) is 0.318. The minimum Gasteiger partial charge on any atom is -0.445 e. The molecule has 2 aromatic carbocycles. The predicted octanol–water partition coefficient (Wildman–Crippen LogP) is 3.77. The van der Waals surface area contributed by atoms with Crippen LogP contribution in [0.2, 0.25) is 0 Å². The van der Waals surface area contributed by atoms with Gasteiger partial charge in [-0.05, 0) is 43.5 Å². The van der Waals surface area contributed by atoms with E-state index in [1.807, 2.05) is 30.3 Å². The van der Waals surface area contributed by atoms with Gasteiger partial charge in [0.15, 0.2) is 0 Å². The summed E-state index contributed by atoms with van der Waals surface area (Å²) in [7, 11) is 0. The molecule has 1 atom stereocenters. The minimum atomic E-state index is -1.00. The highest BCUT2D eigenvalue weighted by Crippen LogP contribution is 2.31. The quantitative estimate of drug-likeness (QED) is 0.807. The third kappa shape index (κ3) is 4.93. The van der Waals surface area contributed by atoms with Crippen LogP contribution >= 0.6 is 0 Å². The Hall–Kier alpha value is -3.35. The van der Waals surface area contributed by atoms with Gasteiger partial charge in [-0.1, -0.05) is 36.4 Å². The van der Waals surface area contributed by atoms with Gasteiger partial charge in [-0.25, -0.2) is 4.79 Å². The molecule has 3 rings (SSSR count). The summed E-state index contributed by atoms with van der Waals surface area (Å²) in [6.45, 7) is 3.79. The van der Waals surface area contributed by atoms with Crippen LogP contribution in [-0.2, 0) is 20.9 Å². The monoisotopic (exact) mass is 395 g/mol. The van der Waals surface area contributed by atoms with Crippen molar-refractivity contribution in [1.82, 2.24) is 4.90 Å². The third-order valence-corrected chi connectivity index (χ3v) is 5.00. The second kappa shape index (κ2) is 8.77. The standard InChI is InChI=1S/C22H25N3O4/c1-16(26)23-18-10-6-11-19(14-18)24-20(27)22(2)12-7-13-25(22)21(28)29-15-17-8-4-3-5-9-17/h3-6,8-11,14H,7,12-13,15H2,1-2H3,(H,23,26)(H,24,27). The fourth-order valence-corrected chi connectivity index (χ4v) is 3.43. The SMILES string of the molecule is CC(=O)Nc1cccc(NC(=O)C2(C)CCCN2C(=O)OCc2ccccc2)c1. The lowest BCUT2D eigenvalue weighted by molar-refractivity contribution is -0.125. The molecular weight excluding hydrogens is 370 g/mol. The largest absolute Gasteiger partial charge is 0.445 e. The first-order valence-corrected chi connectivity index (χ1v) is 9.56. The Morgan fingerprint density at radius 3 is 2.41 bits per heavy atom. The average Bonchev–Trinajstić information content (AvgIpc) is 3.10. The first-order valence-electron chi connectivity index (χ1n) is 9.56. The van der Waals surface area contributed by atoms with E-state index in [0.29, 0.717) is 24.3 Å². The van der Waals surface area contributed by atoms with Gasteiger partial charge in [0.05, 0.1) is 0 Å². The summed E-state index contributed by atoms with van der Waals surface area (Å²) in [6.07, 6.45) is 0.761. The van der Waals surface area contributed by atoms with Crippen molar-refractivity contribution in [3.05, 3.63) is 60.2 Å². The molecule has 2 N–H and O–H groups in total. The van der Waals surface area contributed by atoms with E-state index >= 15 is 0 Å². The van der Waals surface area contributed by atoms with E-state index in [4.69, 9.17) is 4.74 Å². The number of hydrogen-bond donors (Lipinski definition) is 2. The van der Waals surface area contributed by atoms with Crippen molar-refractivity contribution in [2.45, 2.75) is 38.8 Å². The van der Waals surface area contributed by atoms with E-state index in [1.54, 1.807) is 31.2 Å². The number of likely N-dealkylation sites (tertiary alicyclic amines) is 1. The molecule has 0 aromatic heterocycles. The zero-order valence-electron chi connectivity index (χ0n) is 16.6. The number of hydrogen-bond acceptors (Lipinski definition) is 4. The maximum absolute atomic E-state index is 13.0. The Kier molecular flexibility index (Phi) is 6.16. The van der Waals surface area contributed by atoms with Gasteiger partial charge in [0.1, 0.15) is 12.1 Å². The van der Waals surface area contributed by atoms with Gasteiger partial charge in [0.2, 0.25) is 11.8 Å². The van der Waals surface area contributed by atoms with Gasteiger partial charge in [-0.15, -0.1) is 0 Å². The number of ether oxygens (including phenoxy) is 1. The van der Waals surface area contributed by atoms with Crippen molar-refractivity contribution in [1.29, 1.82) is 0 Å². The second-order valence-electron chi connectivity index (χ2n) is 7.29. The van der Waals surface area contributed by atoms with Crippen LogP contribution in [0.3, 0.4) is 0 Å². The van der Waals surface area contributed by atoms with Crippen LogP contribution in [-0.4, -0.2) is 34.9 Å². The van der Waals surface area contributed by atoms with Crippen molar-refractivity contribution in [2.24, 2.45) is 0 Å². The average molecular weight is 395 g/mol. The van der Waals surface area contributed by atoms with Crippen molar-refractivity contribution >= 4 is 29.3 Å². The normalized spacial score (nSPS) is 18.2.